The summed E-state index contributed by atoms with van der Waals surface area (Å²) in [6.07, 6.45) is 1.85. The fourth-order valence-corrected chi connectivity index (χ4v) is 3.12. The number of primary sulfonamides is 1. The fourth-order valence-electron chi connectivity index (χ4n) is 2.40. The highest BCUT2D eigenvalue weighted by molar-refractivity contribution is 7.89. The summed E-state index contributed by atoms with van der Waals surface area (Å²) in [4.78, 5) is 0.0846. The predicted octanol–water partition coefficient (Wildman–Crippen LogP) is 2.96. The minimum atomic E-state index is -3.70. The zero-order valence-corrected chi connectivity index (χ0v) is 14.1. The molecule has 1 aliphatic heterocycles. The van der Waals surface area contributed by atoms with Crippen molar-refractivity contribution in [2.24, 2.45) is 5.14 Å². The van der Waals surface area contributed by atoms with E-state index in [9.17, 15) is 8.42 Å². The van der Waals surface area contributed by atoms with Crippen LogP contribution in [0.2, 0.25) is 0 Å². The molecule has 2 N–H and O–H groups in total. The second-order valence-corrected chi connectivity index (χ2v) is 7.40. The monoisotopic (exact) mass is 349 g/mol. The van der Waals surface area contributed by atoms with E-state index < -0.39 is 10.0 Å². The summed E-state index contributed by atoms with van der Waals surface area (Å²) in [7, 11) is -3.70. The molecular weight excluding hydrogens is 334 g/mol. The SMILES string of the molecule is Cc1ccc(N2C=C(Cl)CN2c2ccc(S(N)(=O)=O)cc2)cc1. The van der Waals surface area contributed by atoms with Gasteiger partial charge in [-0.2, -0.15) is 0 Å². The quantitative estimate of drug-likeness (QED) is 0.925. The van der Waals surface area contributed by atoms with Gasteiger partial charge in [-0.25, -0.2) is 13.6 Å². The Balaban J connectivity index is 1.93. The normalized spacial score (nSPS) is 15.0. The average Bonchev–Trinajstić information content (AvgIpc) is 2.89. The number of aryl methyl sites for hydroxylation is 1. The van der Waals surface area contributed by atoms with Gasteiger partial charge in [-0.15, -0.1) is 0 Å². The lowest BCUT2D eigenvalue weighted by Crippen LogP contribution is -2.35. The molecule has 7 heteroatoms. The van der Waals surface area contributed by atoms with E-state index in [1.54, 1.807) is 12.1 Å². The summed E-state index contributed by atoms with van der Waals surface area (Å²) in [5, 5.41) is 9.72. The Kier molecular flexibility index (Phi) is 4.06. The molecule has 0 radical (unpaired) electrons. The van der Waals surface area contributed by atoms with Crippen molar-refractivity contribution in [2.75, 3.05) is 16.6 Å². The highest BCUT2D eigenvalue weighted by Gasteiger charge is 2.23. The average molecular weight is 350 g/mol. The van der Waals surface area contributed by atoms with Gasteiger partial charge in [0.25, 0.3) is 0 Å². The van der Waals surface area contributed by atoms with Crippen LogP contribution in [0.1, 0.15) is 5.56 Å². The smallest absolute Gasteiger partial charge is 0.238 e. The van der Waals surface area contributed by atoms with Crippen molar-refractivity contribution in [1.82, 2.24) is 0 Å². The number of halogens is 1. The first-order valence-corrected chi connectivity index (χ1v) is 8.89. The van der Waals surface area contributed by atoms with Gasteiger partial charge in [0.2, 0.25) is 10.0 Å². The van der Waals surface area contributed by atoms with Crippen LogP contribution in [0.25, 0.3) is 0 Å². The van der Waals surface area contributed by atoms with Gasteiger partial charge in [0.1, 0.15) is 0 Å². The molecule has 0 amide bonds. The molecule has 1 heterocycles. The molecule has 1 aliphatic rings. The molecule has 23 heavy (non-hydrogen) atoms. The topological polar surface area (TPSA) is 66.6 Å². The van der Waals surface area contributed by atoms with Gasteiger partial charge in [0.05, 0.1) is 27.8 Å². The first kappa shape index (κ1) is 15.9. The van der Waals surface area contributed by atoms with E-state index in [4.69, 9.17) is 16.7 Å². The second kappa shape index (κ2) is 5.88. The highest BCUT2D eigenvalue weighted by atomic mass is 35.5. The number of hydrogen-bond acceptors (Lipinski definition) is 4. The van der Waals surface area contributed by atoms with Gasteiger partial charge >= 0.3 is 0 Å². The molecule has 2 aromatic rings. The number of hydrazine groups is 1. The van der Waals surface area contributed by atoms with Crippen molar-refractivity contribution in [3.05, 3.63) is 65.3 Å². The van der Waals surface area contributed by atoms with Gasteiger partial charge in [0, 0.05) is 6.20 Å². The van der Waals surface area contributed by atoms with Crippen molar-refractivity contribution in [2.45, 2.75) is 11.8 Å². The maximum atomic E-state index is 11.4. The van der Waals surface area contributed by atoms with E-state index in [0.29, 0.717) is 11.6 Å². The number of nitrogens with zero attached hydrogens (tertiary/aromatic N) is 2. The van der Waals surface area contributed by atoms with E-state index >= 15 is 0 Å². The molecule has 0 fully saturated rings. The number of rotatable bonds is 3. The fraction of sp³-hybridized carbons (Fsp3) is 0.125. The van der Waals surface area contributed by atoms with Crippen LogP contribution in [0.5, 0.6) is 0 Å². The van der Waals surface area contributed by atoms with Crippen LogP contribution >= 0.6 is 11.6 Å². The summed E-state index contributed by atoms with van der Waals surface area (Å²) in [5.74, 6) is 0. The molecule has 0 unspecified atom stereocenters. The van der Waals surface area contributed by atoms with Crippen molar-refractivity contribution in [1.29, 1.82) is 0 Å². The first-order chi connectivity index (χ1) is 10.8. The molecule has 0 aromatic heterocycles. The number of anilines is 2. The minimum absolute atomic E-state index is 0.0846. The van der Waals surface area contributed by atoms with Crippen molar-refractivity contribution in [3.8, 4) is 0 Å². The lowest BCUT2D eigenvalue weighted by Gasteiger charge is -2.31. The van der Waals surface area contributed by atoms with Crippen molar-refractivity contribution >= 4 is 33.0 Å². The zero-order valence-electron chi connectivity index (χ0n) is 12.5. The molecule has 0 spiro atoms. The molecule has 3 rings (SSSR count). The highest BCUT2D eigenvalue weighted by Crippen LogP contribution is 2.30. The Morgan fingerprint density at radius 2 is 1.57 bits per heavy atom. The lowest BCUT2D eigenvalue weighted by atomic mass is 10.2. The van der Waals surface area contributed by atoms with E-state index in [1.165, 1.54) is 17.7 Å². The van der Waals surface area contributed by atoms with E-state index in [2.05, 4.69) is 0 Å². The summed E-state index contributed by atoms with van der Waals surface area (Å²) < 4.78 is 22.7. The zero-order chi connectivity index (χ0) is 16.6. The van der Waals surface area contributed by atoms with Crippen LogP contribution in [0.4, 0.5) is 11.4 Å². The minimum Gasteiger partial charge on any atom is -0.276 e. The number of benzene rings is 2. The van der Waals surface area contributed by atoms with Gasteiger partial charge in [0.15, 0.2) is 0 Å². The molecular formula is C16H16ClN3O2S. The molecule has 0 aliphatic carbocycles. The third kappa shape index (κ3) is 3.34. The maximum absolute atomic E-state index is 11.4. The largest absolute Gasteiger partial charge is 0.276 e. The van der Waals surface area contributed by atoms with Gasteiger partial charge in [-0.05, 0) is 43.3 Å². The Morgan fingerprint density at radius 3 is 2.13 bits per heavy atom. The molecule has 2 aromatic carbocycles. The summed E-state index contributed by atoms with van der Waals surface area (Å²) in [6, 6.07) is 14.5. The molecule has 0 bridgehead atoms. The number of sulfonamides is 1. The van der Waals surface area contributed by atoms with Crippen molar-refractivity contribution in [3.63, 3.8) is 0 Å². The van der Waals surface area contributed by atoms with Gasteiger partial charge < -0.3 is 0 Å². The summed E-state index contributed by atoms with van der Waals surface area (Å²) >= 11 is 6.20. The Hall–Kier alpha value is -2.02. The van der Waals surface area contributed by atoms with Gasteiger partial charge in [-0.1, -0.05) is 29.3 Å². The van der Waals surface area contributed by atoms with Crippen molar-refractivity contribution < 1.29 is 8.42 Å². The number of hydrogen-bond donors (Lipinski definition) is 1. The van der Waals surface area contributed by atoms with Crippen LogP contribution in [-0.4, -0.2) is 15.0 Å². The van der Waals surface area contributed by atoms with Gasteiger partial charge in [-0.3, -0.25) is 10.0 Å². The molecule has 5 nitrogen and oxygen atoms in total. The maximum Gasteiger partial charge on any atom is 0.238 e. The lowest BCUT2D eigenvalue weighted by molar-refractivity contribution is 0.598. The van der Waals surface area contributed by atoms with Crippen LogP contribution < -0.4 is 15.2 Å². The number of nitrogens with two attached hydrogens (primary N) is 1. The van der Waals surface area contributed by atoms with E-state index in [0.717, 1.165) is 11.4 Å². The standard InChI is InChI=1S/C16H16ClN3O2S/c1-12-2-4-14(5-3-12)19-10-13(17)11-20(19)15-6-8-16(9-7-15)23(18,21)22/h2-10H,11H2,1H3,(H2,18,21,22). The third-order valence-electron chi connectivity index (χ3n) is 3.59. The van der Waals surface area contributed by atoms with Crippen LogP contribution in [0, 0.1) is 6.92 Å². The van der Waals surface area contributed by atoms with Crippen LogP contribution in [0.3, 0.4) is 0 Å². The van der Waals surface area contributed by atoms with Crippen LogP contribution in [0.15, 0.2) is 64.7 Å². The Bertz CT molecular complexity index is 846. The molecule has 0 atom stereocenters. The van der Waals surface area contributed by atoms with Crippen LogP contribution in [-0.2, 0) is 10.0 Å². The molecule has 0 saturated heterocycles. The molecule has 0 saturated carbocycles. The second-order valence-electron chi connectivity index (χ2n) is 5.35. The third-order valence-corrected chi connectivity index (χ3v) is 4.73. The first-order valence-electron chi connectivity index (χ1n) is 6.97. The summed E-state index contributed by atoms with van der Waals surface area (Å²) in [5.41, 5.74) is 2.97. The predicted molar refractivity (Wildman–Crippen MR) is 92.8 cm³/mol. The Labute approximate surface area is 140 Å². The Morgan fingerprint density at radius 1 is 1.00 bits per heavy atom. The van der Waals surface area contributed by atoms with E-state index in [1.807, 2.05) is 47.4 Å². The molecule has 120 valence electrons. The summed E-state index contributed by atoms with van der Waals surface area (Å²) in [6.45, 7) is 2.55. The van der Waals surface area contributed by atoms with E-state index in [-0.39, 0.29) is 4.90 Å².